The van der Waals surface area contributed by atoms with Gasteiger partial charge in [0, 0.05) is 25.1 Å². The van der Waals surface area contributed by atoms with E-state index in [0.717, 1.165) is 16.2 Å². The Hall–Kier alpha value is -3.29. The number of likely N-dealkylation sites (N-methyl/N-ethyl adjacent to an activating group) is 2. The van der Waals surface area contributed by atoms with Gasteiger partial charge in [0.15, 0.2) is 5.78 Å². The normalized spacial score (nSPS) is 18.7. The van der Waals surface area contributed by atoms with Gasteiger partial charge in [0.25, 0.3) is 5.91 Å². The van der Waals surface area contributed by atoms with Crippen LogP contribution in [0.25, 0.3) is 11.3 Å². The maximum Gasteiger partial charge on any atom is 0.402 e. The highest BCUT2D eigenvalue weighted by Crippen LogP contribution is 2.33. The molecular weight excluding hydrogens is 370 g/mol. The van der Waals surface area contributed by atoms with E-state index in [-0.39, 0.29) is 18.2 Å². The molecule has 150 valence electrons. The van der Waals surface area contributed by atoms with Crippen LogP contribution in [-0.4, -0.2) is 52.0 Å². The fourth-order valence-corrected chi connectivity index (χ4v) is 3.57. The SMILES string of the molecule is CN1C(=O)C2C(=Nc3n(CC(=O)C(C)(C)C)c(-c4ccccc4)c[n+]32)N(C)C1=O. The number of rotatable bonds is 3. The lowest BCUT2D eigenvalue weighted by Crippen LogP contribution is -2.61. The van der Waals surface area contributed by atoms with Crippen molar-refractivity contribution < 1.29 is 19.0 Å². The summed E-state index contributed by atoms with van der Waals surface area (Å²) in [6, 6.07) is 8.55. The average molecular weight is 394 g/mol. The van der Waals surface area contributed by atoms with Crippen molar-refractivity contribution in [2.24, 2.45) is 10.4 Å². The predicted octanol–water partition coefficient (Wildman–Crippen LogP) is 2.17. The Morgan fingerprint density at radius 1 is 1.10 bits per heavy atom. The van der Waals surface area contributed by atoms with Crippen LogP contribution >= 0.6 is 0 Å². The van der Waals surface area contributed by atoms with Crippen molar-refractivity contribution in [1.82, 2.24) is 14.4 Å². The van der Waals surface area contributed by atoms with Crippen molar-refractivity contribution in [2.75, 3.05) is 14.1 Å². The maximum atomic E-state index is 12.9. The number of imide groups is 1. The Balaban J connectivity index is 1.90. The van der Waals surface area contributed by atoms with Crippen LogP contribution in [0.4, 0.5) is 10.7 Å². The lowest BCUT2D eigenvalue weighted by atomic mass is 9.91. The third kappa shape index (κ3) is 2.86. The summed E-state index contributed by atoms with van der Waals surface area (Å²) in [6.45, 7) is 5.77. The van der Waals surface area contributed by atoms with Gasteiger partial charge >= 0.3 is 12.0 Å². The van der Waals surface area contributed by atoms with Gasteiger partial charge in [-0.2, -0.15) is 0 Å². The molecule has 1 atom stereocenters. The number of Topliss-reactive ketones (excluding diaryl/α,β-unsaturated/α-hetero) is 1. The van der Waals surface area contributed by atoms with Crippen molar-refractivity contribution in [2.45, 2.75) is 33.4 Å². The molecule has 8 nitrogen and oxygen atoms in total. The van der Waals surface area contributed by atoms with E-state index in [1.165, 1.54) is 11.9 Å². The minimum atomic E-state index is -0.717. The molecule has 1 aromatic heterocycles. The fourth-order valence-electron chi connectivity index (χ4n) is 3.57. The standard InChI is InChI=1S/C21H24N5O3/c1-21(2,3)15(27)12-25-14(13-9-7-6-8-10-13)11-26-16-17(22-19(25)26)23(4)20(29)24(5)18(16)28/h6-11,16H,12H2,1-5H3/q+1. The Morgan fingerprint density at radius 3 is 2.38 bits per heavy atom. The van der Waals surface area contributed by atoms with Gasteiger partial charge < -0.3 is 0 Å². The minimum Gasteiger partial charge on any atom is -0.295 e. The van der Waals surface area contributed by atoms with E-state index >= 15 is 0 Å². The summed E-state index contributed by atoms with van der Waals surface area (Å²) in [5.74, 6) is 0.584. The molecule has 8 heteroatoms. The number of hydrogen-bond donors (Lipinski definition) is 0. The highest BCUT2D eigenvalue weighted by atomic mass is 16.2. The monoisotopic (exact) mass is 394 g/mol. The lowest BCUT2D eigenvalue weighted by molar-refractivity contribution is -0.676. The number of carbonyl (C=O) groups is 3. The summed E-state index contributed by atoms with van der Waals surface area (Å²) in [4.78, 5) is 45.1. The first-order valence-electron chi connectivity index (χ1n) is 9.48. The first-order valence-corrected chi connectivity index (χ1v) is 9.48. The number of carbonyl (C=O) groups excluding carboxylic acids is 3. The summed E-state index contributed by atoms with van der Waals surface area (Å²) in [7, 11) is 3.07. The zero-order valence-electron chi connectivity index (χ0n) is 17.2. The van der Waals surface area contributed by atoms with E-state index in [1.807, 2.05) is 61.9 Å². The van der Waals surface area contributed by atoms with Crippen molar-refractivity contribution in [3.05, 3.63) is 36.5 Å². The van der Waals surface area contributed by atoms with Crippen LogP contribution in [0.3, 0.4) is 0 Å². The van der Waals surface area contributed by atoms with Crippen LogP contribution in [0.2, 0.25) is 0 Å². The van der Waals surface area contributed by atoms with Crippen molar-refractivity contribution >= 4 is 29.5 Å². The second-order valence-corrected chi connectivity index (χ2v) is 8.46. The molecule has 2 aliphatic rings. The second kappa shape index (κ2) is 6.37. The minimum absolute atomic E-state index is 0.0524. The zero-order valence-corrected chi connectivity index (χ0v) is 17.2. The Morgan fingerprint density at radius 2 is 1.76 bits per heavy atom. The van der Waals surface area contributed by atoms with E-state index in [2.05, 4.69) is 4.99 Å². The lowest BCUT2D eigenvalue weighted by Gasteiger charge is -2.30. The third-order valence-electron chi connectivity index (χ3n) is 5.45. The summed E-state index contributed by atoms with van der Waals surface area (Å²) in [6.07, 6.45) is 1.84. The van der Waals surface area contributed by atoms with Crippen molar-refractivity contribution in [3.63, 3.8) is 0 Å². The van der Waals surface area contributed by atoms with Gasteiger partial charge in [-0.05, 0) is 0 Å². The van der Waals surface area contributed by atoms with Gasteiger partial charge in [-0.3, -0.25) is 19.4 Å². The van der Waals surface area contributed by atoms with Crippen LogP contribution in [0.5, 0.6) is 0 Å². The van der Waals surface area contributed by atoms with Gasteiger partial charge in [-0.25, -0.2) is 13.9 Å². The number of ketones is 1. The molecule has 3 heterocycles. The smallest absolute Gasteiger partial charge is 0.295 e. The Bertz CT molecular complexity index is 1060. The van der Waals surface area contributed by atoms with E-state index in [0.29, 0.717) is 11.8 Å². The number of urea groups is 1. The van der Waals surface area contributed by atoms with Gasteiger partial charge in [0.05, 0.1) is 0 Å². The van der Waals surface area contributed by atoms with Crippen LogP contribution in [-0.2, 0) is 16.1 Å². The number of benzene rings is 1. The molecule has 1 saturated heterocycles. The third-order valence-corrected chi connectivity index (χ3v) is 5.45. The number of fused-ring (bicyclic) bond motifs is 3. The molecule has 1 unspecified atom stereocenters. The molecule has 2 aromatic rings. The van der Waals surface area contributed by atoms with Gasteiger partial charge in [0.2, 0.25) is 11.9 Å². The number of aliphatic imine (C=N–C) groups is 1. The summed E-state index contributed by atoms with van der Waals surface area (Å²) >= 11 is 0. The predicted molar refractivity (Wildman–Crippen MR) is 107 cm³/mol. The number of imidazole rings is 1. The molecule has 3 amide bonds. The molecule has 0 aliphatic carbocycles. The molecule has 2 aliphatic heterocycles. The van der Waals surface area contributed by atoms with Gasteiger partial charge in [0.1, 0.15) is 18.4 Å². The van der Waals surface area contributed by atoms with Crippen molar-refractivity contribution in [3.8, 4) is 11.3 Å². The number of amides is 3. The molecule has 0 spiro atoms. The highest BCUT2D eigenvalue weighted by molar-refractivity contribution is 6.18. The first kappa shape index (κ1) is 19.0. The molecule has 0 radical (unpaired) electrons. The van der Waals surface area contributed by atoms with E-state index in [9.17, 15) is 14.4 Å². The molecule has 0 N–H and O–H groups in total. The van der Waals surface area contributed by atoms with Crippen LogP contribution in [0, 0.1) is 5.41 Å². The molecular formula is C21H24N5O3+. The van der Waals surface area contributed by atoms with Gasteiger partial charge in [-0.15, -0.1) is 0 Å². The number of aromatic nitrogens is 2. The Kier molecular flexibility index (Phi) is 4.18. The second-order valence-electron chi connectivity index (χ2n) is 8.46. The molecule has 4 rings (SSSR count). The van der Waals surface area contributed by atoms with Crippen molar-refractivity contribution in [1.29, 1.82) is 0 Å². The number of amidine groups is 1. The Labute approximate surface area is 169 Å². The van der Waals surface area contributed by atoms with Gasteiger partial charge in [-0.1, -0.05) is 56.1 Å². The molecule has 29 heavy (non-hydrogen) atoms. The maximum absolute atomic E-state index is 12.9. The molecule has 1 fully saturated rings. The highest BCUT2D eigenvalue weighted by Gasteiger charge is 2.52. The topological polar surface area (TPSA) is 78.9 Å². The van der Waals surface area contributed by atoms with E-state index < -0.39 is 17.5 Å². The zero-order chi connectivity index (χ0) is 21.1. The summed E-state index contributed by atoms with van der Waals surface area (Å²) in [5, 5.41) is 0. The molecule has 1 aromatic carbocycles. The van der Waals surface area contributed by atoms with Crippen LogP contribution in [0.1, 0.15) is 26.8 Å². The quantitative estimate of drug-likeness (QED) is 0.749. The number of hydrogen-bond acceptors (Lipinski definition) is 4. The summed E-state index contributed by atoms with van der Waals surface area (Å²) in [5.41, 5.74) is 1.21. The van der Waals surface area contributed by atoms with E-state index in [1.54, 1.807) is 11.6 Å². The molecule has 0 saturated carbocycles. The first-order chi connectivity index (χ1) is 13.6. The fraction of sp³-hybridized carbons (Fsp3) is 0.381. The largest absolute Gasteiger partial charge is 0.402 e. The van der Waals surface area contributed by atoms with Crippen LogP contribution in [0.15, 0.2) is 41.5 Å². The summed E-state index contributed by atoms with van der Waals surface area (Å²) < 4.78 is 3.59. The van der Waals surface area contributed by atoms with Crippen LogP contribution < -0.4 is 4.57 Å². The average Bonchev–Trinajstić information content (AvgIpc) is 3.21. The number of nitrogens with zero attached hydrogens (tertiary/aromatic N) is 5. The van der Waals surface area contributed by atoms with E-state index in [4.69, 9.17) is 0 Å². The molecule has 0 bridgehead atoms.